The fraction of sp³-hybridized carbons (Fsp3) is 0.650. The third-order valence-electron chi connectivity index (χ3n) is 6.27. The molecule has 2 fully saturated rings. The zero-order chi connectivity index (χ0) is 17.7. The van der Waals surface area contributed by atoms with E-state index in [4.69, 9.17) is 14.4 Å². The Bertz CT molecular complexity index is 746. The average Bonchev–Trinajstić information content (AvgIpc) is 3.04. The van der Waals surface area contributed by atoms with Crippen LogP contribution in [-0.4, -0.2) is 28.1 Å². The highest BCUT2D eigenvalue weighted by Crippen LogP contribution is 2.36. The Labute approximate surface area is 151 Å². The predicted molar refractivity (Wildman–Crippen MR) is 102 cm³/mol. The van der Waals surface area contributed by atoms with Crippen molar-refractivity contribution in [2.75, 3.05) is 0 Å². The number of hydrogen-bond acceptors (Lipinski definition) is 3. The van der Waals surface area contributed by atoms with Crippen LogP contribution >= 0.6 is 0 Å². The van der Waals surface area contributed by atoms with Crippen LogP contribution in [-0.2, 0) is 15.9 Å². The van der Waals surface area contributed by atoms with Gasteiger partial charge in [-0.25, -0.2) is 0 Å². The minimum atomic E-state index is -0.321. The van der Waals surface area contributed by atoms with Crippen molar-refractivity contribution in [3.63, 3.8) is 0 Å². The van der Waals surface area contributed by atoms with Crippen molar-refractivity contribution in [2.45, 2.75) is 77.5 Å². The first kappa shape index (κ1) is 17.1. The normalized spacial score (nSPS) is 23.4. The summed E-state index contributed by atoms with van der Waals surface area (Å²) in [5.74, 6) is 0.783. The van der Waals surface area contributed by atoms with E-state index in [0.29, 0.717) is 0 Å². The number of fused-ring (bicyclic) bond motifs is 1. The monoisotopic (exact) mass is 340 g/mol. The number of aromatic nitrogens is 2. The van der Waals surface area contributed by atoms with Crippen molar-refractivity contribution in [1.82, 2.24) is 9.78 Å². The molecule has 1 aliphatic carbocycles. The molecule has 0 unspecified atom stereocenters. The van der Waals surface area contributed by atoms with Crippen LogP contribution in [0.3, 0.4) is 0 Å². The van der Waals surface area contributed by atoms with Gasteiger partial charge in [0.05, 0.1) is 16.7 Å². The lowest BCUT2D eigenvalue weighted by Gasteiger charge is -2.32. The zero-order valence-corrected chi connectivity index (χ0v) is 15.9. The first-order chi connectivity index (χ1) is 11.8. The van der Waals surface area contributed by atoms with Gasteiger partial charge in [0.1, 0.15) is 0 Å². The SMILES string of the molecule is CC1(C)OB(c2ccc3cn(CC4CCCCC4)nc3c2)OC1(C)C. The maximum Gasteiger partial charge on any atom is 0.494 e. The first-order valence-electron chi connectivity index (χ1n) is 9.67. The molecule has 134 valence electrons. The number of hydrogen-bond donors (Lipinski definition) is 0. The highest BCUT2D eigenvalue weighted by Gasteiger charge is 2.51. The van der Waals surface area contributed by atoms with Gasteiger partial charge in [0, 0.05) is 18.1 Å². The van der Waals surface area contributed by atoms with Crippen LogP contribution in [0.25, 0.3) is 10.9 Å². The Morgan fingerprint density at radius 2 is 1.76 bits per heavy atom. The highest BCUT2D eigenvalue weighted by atomic mass is 16.7. The summed E-state index contributed by atoms with van der Waals surface area (Å²) < 4.78 is 14.5. The molecule has 1 saturated heterocycles. The standard InChI is InChI=1S/C20H29BN2O2/c1-19(2)20(3,4)25-21(24-19)17-11-10-16-14-23(22-18(16)12-17)13-15-8-6-5-7-9-15/h10-12,14-15H,5-9,13H2,1-4H3. The molecule has 2 aliphatic rings. The van der Waals surface area contributed by atoms with Gasteiger partial charge in [-0.15, -0.1) is 0 Å². The number of nitrogens with zero attached hydrogens (tertiary/aromatic N) is 2. The molecule has 1 aromatic carbocycles. The summed E-state index contributed by atoms with van der Waals surface area (Å²) in [5, 5.41) is 6.01. The molecule has 1 aromatic heterocycles. The molecule has 0 N–H and O–H groups in total. The molecule has 4 nitrogen and oxygen atoms in total. The van der Waals surface area contributed by atoms with Crippen molar-refractivity contribution < 1.29 is 9.31 Å². The van der Waals surface area contributed by atoms with Crippen molar-refractivity contribution >= 4 is 23.5 Å². The van der Waals surface area contributed by atoms with Gasteiger partial charge in [0.2, 0.25) is 0 Å². The Hall–Kier alpha value is -1.33. The van der Waals surface area contributed by atoms with E-state index in [1.165, 1.54) is 37.5 Å². The summed E-state index contributed by atoms with van der Waals surface area (Å²) in [6, 6.07) is 6.37. The summed E-state index contributed by atoms with van der Waals surface area (Å²) in [4.78, 5) is 0. The molecular formula is C20H29BN2O2. The Morgan fingerprint density at radius 1 is 1.08 bits per heavy atom. The molecular weight excluding hydrogens is 311 g/mol. The third-order valence-corrected chi connectivity index (χ3v) is 6.27. The summed E-state index contributed by atoms with van der Waals surface area (Å²) in [5.41, 5.74) is 1.46. The fourth-order valence-electron chi connectivity index (χ4n) is 3.94. The van der Waals surface area contributed by atoms with Crippen LogP contribution in [0.1, 0.15) is 59.8 Å². The number of benzene rings is 1. The van der Waals surface area contributed by atoms with Crippen LogP contribution < -0.4 is 5.46 Å². The van der Waals surface area contributed by atoms with E-state index in [9.17, 15) is 0 Å². The van der Waals surface area contributed by atoms with Crippen molar-refractivity contribution in [3.8, 4) is 0 Å². The molecule has 0 spiro atoms. The van der Waals surface area contributed by atoms with E-state index in [1.54, 1.807) is 0 Å². The molecule has 1 aliphatic heterocycles. The average molecular weight is 340 g/mol. The molecule has 0 amide bonds. The maximum absolute atomic E-state index is 6.17. The van der Waals surface area contributed by atoms with E-state index in [0.717, 1.165) is 23.4 Å². The molecule has 1 saturated carbocycles. The van der Waals surface area contributed by atoms with Gasteiger partial charge < -0.3 is 9.31 Å². The lowest BCUT2D eigenvalue weighted by molar-refractivity contribution is 0.00578. The van der Waals surface area contributed by atoms with Crippen LogP contribution in [0, 0.1) is 5.92 Å². The molecule has 4 rings (SSSR count). The molecule has 0 radical (unpaired) electrons. The van der Waals surface area contributed by atoms with E-state index in [2.05, 4.69) is 56.8 Å². The topological polar surface area (TPSA) is 36.3 Å². The van der Waals surface area contributed by atoms with E-state index in [-0.39, 0.29) is 18.3 Å². The van der Waals surface area contributed by atoms with Crippen molar-refractivity contribution in [2.24, 2.45) is 5.92 Å². The molecule has 0 atom stereocenters. The molecule has 2 heterocycles. The molecule has 25 heavy (non-hydrogen) atoms. The minimum Gasteiger partial charge on any atom is -0.399 e. The fourth-order valence-corrected chi connectivity index (χ4v) is 3.94. The largest absolute Gasteiger partial charge is 0.494 e. The Balaban J connectivity index is 1.54. The van der Waals surface area contributed by atoms with Crippen LogP contribution in [0.5, 0.6) is 0 Å². The Morgan fingerprint density at radius 3 is 2.44 bits per heavy atom. The minimum absolute atomic E-state index is 0.313. The van der Waals surface area contributed by atoms with Gasteiger partial charge in [-0.2, -0.15) is 5.10 Å². The van der Waals surface area contributed by atoms with Crippen molar-refractivity contribution in [3.05, 3.63) is 24.4 Å². The van der Waals surface area contributed by atoms with E-state index < -0.39 is 0 Å². The molecule has 0 bridgehead atoms. The summed E-state index contributed by atoms with van der Waals surface area (Å²) in [7, 11) is -0.321. The molecule has 2 aromatic rings. The first-order valence-corrected chi connectivity index (χ1v) is 9.67. The lowest BCUT2D eigenvalue weighted by atomic mass is 9.79. The molecule has 5 heteroatoms. The third kappa shape index (κ3) is 3.24. The summed E-state index contributed by atoms with van der Waals surface area (Å²) in [6.07, 6.45) is 9.01. The number of rotatable bonds is 3. The van der Waals surface area contributed by atoms with Gasteiger partial charge in [-0.05, 0) is 58.0 Å². The zero-order valence-electron chi connectivity index (χ0n) is 15.9. The second kappa shape index (κ2) is 6.13. The van der Waals surface area contributed by atoms with Gasteiger partial charge >= 0.3 is 7.12 Å². The van der Waals surface area contributed by atoms with Gasteiger partial charge in [-0.1, -0.05) is 31.4 Å². The van der Waals surface area contributed by atoms with Crippen molar-refractivity contribution in [1.29, 1.82) is 0 Å². The van der Waals surface area contributed by atoms with Gasteiger partial charge in [0.15, 0.2) is 0 Å². The van der Waals surface area contributed by atoms with Crippen LogP contribution in [0.4, 0.5) is 0 Å². The van der Waals surface area contributed by atoms with E-state index >= 15 is 0 Å². The smallest absolute Gasteiger partial charge is 0.399 e. The van der Waals surface area contributed by atoms with Gasteiger partial charge in [0.25, 0.3) is 0 Å². The second-order valence-electron chi connectivity index (χ2n) is 8.76. The predicted octanol–water partition coefficient (Wildman–Crippen LogP) is 3.92. The van der Waals surface area contributed by atoms with Crippen LogP contribution in [0.15, 0.2) is 24.4 Å². The summed E-state index contributed by atoms with van der Waals surface area (Å²) in [6.45, 7) is 9.39. The summed E-state index contributed by atoms with van der Waals surface area (Å²) >= 11 is 0. The second-order valence-corrected chi connectivity index (χ2v) is 8.76. The highest BCUT2D eigenvalue weighted by molar-refractivity contribution is 6.62. The maximum atomic E-state index is 6.17. The van der Waals surface area contributed by atoms with Gasteiger partial charge in [-0.3, -0.25) is 4.68 Å². The Kier molecular flexibility index (Phi) is 4.20. The lowest BCUT2D eigenvalue weighted by Crippen LogP contribution is -2.41. The van der Waals surface area contributed by atoms with Crippen LogP contribution in [0.2, 0.25) is 0 Å². The van der Waals surface area contributed by atoms with E-state index in [1.807, 2.05) is 0 Å². The quantitative estimate of drug-likeness (QED) is 0.795.